The van der Waals surface area contributed by atoms with Crippen LogP contribution in [0.3, 0.4) is 0 Å². The average molecular weight is 207 g/mol. The number of carboxylic acid groups (broad SMARTS) is 1. The number of nitrogens with zero attached hydrogens (tertiary/aromatic N) is 2. The molecule has 0 unspecified atom stereocenters. The third-order valence-corrected chi connectivity index (χ3v) is 2.44. The van der Waals surface area contributed by atoms with Gasteiger partial charge < -0.3 is 10.4 Å². The van der Waals surface area contributed by atoms with Crippen LogP contribution in [0, 0.1) is 5.92 Å². The Hall–Kier alpha value is -1.65. The van der Waals surface area contributed by atoms with Gasteiger partial charge in [0.15, 0.2) is 5.69 Å². The van der Waals surface area contributed by atoms with Crippen LogP contribution in [0.4, 0.5) is 5.82 Å². The predicted octanol–water partition coefficient (Wildman–Crippen LogP) is 1.39. The van der Waals surface area contributed by atoms with Gasteiger partial charge in [-0.3, -0.25) is 0 Å². The van der Waals surface area contributed by atoms with Crippen molar-refractivity contribution in [2.24, 2.45) is 5.92 Å². The summed E-state index contributed by atoms with van der Waals surface area (Å²) >= 11 is 0. The lowest BCUT2D eigenvalue weighted by molar-refractivity contribution is 0.0689. The van der Waals surface area contributed by atoms with E-state index >= 15 is 0 Å². The molecule has 0 saturated heterocycles. The molecule has 2 N–H and O–H groups in total. The summed E-state index contributed by atoms with van der Waals surface area (Å²) in [6.07, 6.45) is 3.83. The van der Waals surface area contributed by atoms with E-state index in [4.69, 9.17) is 5.11 Å². The van der Waals surface area contributed by atoms with E-state index in [2.05, 4.69) is 15.5 Å². The van der Waals surface area contributed by atoms with Crippen molar-refractivity contribution in [3.8, 4) is 0 Å². The van der Waals surface area contributed by atoms with E-state index in [9.17, 15) is 4.79 Å². The molecule has 1 aromatic heterocycles. The molecule has 0 amide bonds. The molecule has 0 atom stereocenters. The lowest BCUT2D eigenvalue weighted by Crippen LogP contribution is -2.07. The molecule has 0 radical (unpaired) electrons. The maximum atomic E-state index is 10.5. The Labute approximate surface area is 87.5 Å². The molecule has 15 heavy (non-hydrogen) atoms. The van der Waals surface area contributed by atoms with E-state index in [1.165, 1.54) is 18.9 Å². The van der Waals surface area contributed by atoms with Crippen molar-refractivity contribution < 1.29 is 9.90 Å². The lowest BCUT2D eigenvalue weighted by Gasteiger charge is -2.03. The second kappa shape index (κ2) is 4.25. The van der Waals surface area contributed by atoms with E-state index in [-0.39, 0.29) is 5.69 Å². The molecule has 0 aliphatic heterocycles. The second-order valence-electron chi connectivity index (χ2n) is 3.77. The summed E-state index contributed by atoms with van der Waals surface area (Å²) < 4.78 is 0. The van der Waals surface area contributed by atoms with Crippen LogP contribution in [-0.2, 0) is 0 Å². The van der Waals surface area contributed by atoms with Gasteiger partial charge in [0.2, 0.25) is 0 Å². The third kappa shape index (κ3) is 2.90. The quantitative estimate of drug-likeness (QED) is 0.763. The highest BCUT2D eigenvalue weighted by Gasteiger charge is 2.20. The van der Waals surface area contributed by atoms with Crippen LogP contribution in [0.2, 0.25) is 0 Å². The molecule has 1 fully saturated rings. The maximum absolute atomic E-state index is 10.5. The van der Waals surface area contributed by atoms with Crippen molar-refractivity contribution >= 4 is 11.8 Å². The summed E-state index contributed by atoms with van der Waals surface area (Å²) in [6.45, 7) is 0.881. The zero-order chi connectivity index (χ0) is 10.7. The number of hydrogen-bond donors (Lipinski definition) is 2. The van der Waals surface area contributed by atoms with Crippen molar-refractivity contribution in [3.63, 3.8) is 0 Å². The monoisotopic (exact) mass is 207 g/mol. The number of rotatable bonds is 5. The van der Waals surface area contributed by atoms with E-state index < -0.39 is 5.97 Å². The third-order valence-electron chi connectivity index (χ3n) is 2.44. The number of hydrogen-bond acceptors (Lipinski definition) is 4. The first-order valence-electron chi connectivity index (χ1n) is 5.06. The van der Waals surface area contributed by atoms with Crippen molar-refractivity contribution in [1.82, 2.24) is 10.2 Å². The number of anilines is 1. The van der Waals surface area contributed by atoms with Gasteiger partial charge in [-0.25, -0.2) is 4.79 Å². The van der Waals surface area contributed by atoms with E-state index in [0.717, 1.165) is 18.9 Å². The lowest BCUT2D eigenvalue weighted by atomic mass is 10.3. The van der Waals surface area contributed by atoms with Crippen LogP contribution in [0.5, 0.6) is 0 Å². The first kappa shape index (κ1) is 9.89. The van der Waals surface area contributed by atoms with Gasteiger partial charge in [-0.15, -0.1) is 10.2 Å². The SMILES string of the molecule is O=C(O)c1ccc(NCCC2CC2)nn1. The van der Waals surface area contributed by atoms with Crippen LogP contribution >= 0.6 is 0 Å². The normalized spacial score (nSPS) is 14.9. The minimum Gasteiger partial charge on any atom is -0.476 e. The largest absolute Gasteiger partial charge is 0.476 e. The maximum Gasteiger partial charge on any atom is 0.356 e. The van der Waals surface area contributed by atoms with Crippen LogP contribution < -0.4 is 5.32 Å². The molecule has 1 aliphatic carbocycles. The van der Waals surface area contributed by atoms with Crippen molar-refractivity contribution in [1.29, 1.82) is 0 Å². The molecule has 0 aromatic carbocycles. The van der Waals surface area contributed by atoms with Crippen LogP contribution in [-0.4, -0.2) is 27.8 Å². The zero-order valence-corrected chi connectivity index (χ0v) is 8.31. The number of nitrogens with one attached hydrogen (secondary N) is 1. The fraction of sp³-hybridized carbons (Fsp3) is 0.500. The van der Waals surface area contributed by atoms with Gasteiger partial charge in [-0.05, 0) is 24.5 Å². The topological polar surface area (TPSA) is 75.1 Å². The minimum atomic E-state index is -1.05. The first-order valence-corrected chi connectivity index (χ1v) is 5.06. The summed E-state index contributed by atoms with van der Waals surface area (Å²) in [6, 6.07) is 3.10. The Balaban J connectivity index is 1.83. The molecular formula is C10H13N3O2. The Morgan fingerprint density at radius 2 is 2.27 bits per heavy atom. The van der Waals surface area contributed by atoms with Crippen molar-refractivity contribution in [2.45, 2.75) is 19.3 Å². The van der Waals surface area contributed by atoms with Gasteiger partial charge in [0.05, 0.1) is 0 Å². The molecule has 1 aliphatic rings. The highest BCUT2D eigenvalue weighted by Crippen LogP contribution is 2.31. The molecule has 2 rings (SSSR count). The van der Waals surface area contributed by atoms with Gasteiger partial charge in [0, 0.05) is 6.54 Å². The first-order chi connectivity index (χ1) is 7.25. The molecule has 1 aromatic rings. The average Bonchev–Trinajstić information content (AvgIpc) is 3.02. The van der Waals surface area contributed by atoms with Crippen LogP contribution in [0.1, 0.15) is 29.8 Å². The Morgan fingerprint density at radius 3 is 2.80 bits per heavy atom. The summed E-state index contributed by atoms with van der Waals surface area (Å²) in [5.74, 6) is 0.469. The second-order valence-corrected chi connectivity index (χ2v) is 3.77. The van der Waals surface area contributed by atoms with E-state index in [1.807, 2.05) is 0 Å². The number of aromatic carboxylic acids is 1. The molecule has 5 nitrogen and oxygen atoms in total. The van der Waals surface area contributed by atoms with Crippen molar-refractivity contribution in [3.05, 3.63) is 17.8 Å². The predicted molar refractivity (Wildman–Crippen MR) is 54.8 cm³/mol. The molecule has 5 heteroatoms. The Kier molecular flexibility index (Phi) is 2.80. The molecule has 1 heterocycles. The summed E-state index contributed by atoms with van der Waals surface area (Å²) in [5.41, 5.74) is -0.0252. The Morgan fingerprint density at radius 1 is 1.47 bits per heavy atom. The van der Waals surface area contributed by atoms with Gasteiger partial charge >= 0.3 is 5.97 Å². The molecule has 0 spiro atoms. The molecule has 0 bridgehead atoms. The fourth-order valence-corrected chi connectivity index (χ4v) is 1.35. The van der Waals surface area contributed by atoms with Gasteiger partial charge in [0.1, 0.15) is 5.82 Å². The van der Waals surface area contributed by atoms with Crippen LogP contribution in [0.15, 0.2) is 12.1 Å². The fourth-order valence-electron chi connectivity index (χ4n) is 1.35. The number of aromatic nitrogens is 2. The molecule has 80 valence electrons. The van der Waals surface area contributed by atoms with Gasteiger partial charge in [0.25, 0.3) is 0 Å². The number of carboxylic acids is 1. The molecule has 1 saturated carbocycles. The van der Waals surface area contributed by atoms with Gasteiger partial charge in [-0.2, -0.15) is 0 Å². The number of carbonyl (C=O) groups is 1. The summed E-state index contributed by atoms with van der Waals surface area (Å²) in [4.78, 5) is 10.5. The summed E-state index contributed by atoms with van der Waals surface area (Å²) in [7, 11) is 0. The highest BCUT2D eigenvalue weighted by molar-refractivity contribution is 5.85. The minimum absolute atomic E-state index is 0.0252. The van der Waals surface area contributed by atoms with Crippen molar-refractivity contribution in [2.75, 3.05) is 11.9 Å². The smallest absolute Gasteiger partial charge is 0.356 e. The highest BCUT2D eigenvalue weighted by atomic mass is 16.4. The van der Waals surface area contributed by atoms with E-state index in [1.54, 1.807) is 6.07 Å². The van der Waals surface area contributed by atoms with Crippen LogP contribution in [0.25, 0.3) is 0 Å². The summed E-state index contributed by atoms with van der Waals surface area (Å²) in [5, 5.41) is 19.1. The standard InChI is InChI=1S/C10H13N3O2/c14-10(15)8-3-4-9(13-12-8)11-6-5-7-1-2-7/h3-4,7H,1-2,5-6H2,(H,11,13)(H,14,15). The zero-order valence-electron chi connectivity index (χ0n) is 8.31. The Bertz CT molecular complexity index is 346. The molecular weight excluding hydrogens is 194 g/mol. The van der Waals surface area contributed by atoms with E-state index in [0.29, 0.717) is 5.82 Å². The van der Waals surface area contributed by atoms with Gasteiger partial charge in [-0.1, -0.05) is 12.8 Å².